The standard InChI is InChI=1S/C13H23NO3/c1-3-4-5-6-9-17-12(15)10-14(2)13(16)11-7-8-11/h11H,3-10H2,1-2H3. The molecule has 0 aromatic heterocycles. The number of nitrogens with zero attached hydrogens (tertiary/aromatic N) is 1. The summed E-state index contributed by atoms with van der Waals surface area (Å²) in [6.07, 6.45) is 6.30. The van der Waals surface area contributed by atoms with Crippen LogP contribution in [-0.4, -0.2) is 37.0 Å². The van der Waals surface area contributed by atoms with Gasteiger partial charge >= 0.3 is 5.97 Å². The molecule has 1 saturated carbocycles. The molecule has 0 unspecified atom stereocenters. The second kappa shape index (κ2) is 7.30. The van der Waals surface area contributed by atoms with Crippen molar-refractivity contribution in [3.63, 3.8) is 0 Å². The van der Waals surface area contributed by atoms with Crippen LogP contribution in [0, 0.1) is 5.92 Å². The minimum Gasteiger partial charge on any atom is -0.464 e. The summed E-state index contributed by atoms with van der Waals surface area (Å²) in [7, 11) is 1.67. The van der Waals surface area contributed by atoms with Gasteiger partial charge in [-0.15, -0.1) is 0 Å². The highest BCUT2D eigenvalue weighted by Gasteiger charge is 2.32. The van der Waals surface area contributed by atoms with E-state index in [4.69, 9.17) is 4.74 Å². The van der Waals surface area contributed by atoms with E-state index in [0.717, 1.165) is 25.7 Å². The highest BCUT2D eigenvalue weighted by Crippen LogP contribution is 2.30. The molecule has 0 atom stereocenters. The molecule has 0 spiro atoms. The second-order valence-electron chi connectivity index (χ2n) is 4.75. The number of hydrogen-bond donors (Lipinski definition) is 0. The first-order valence-corrected chi connectivity index (χ1v) is 6.55. The van der Waals surface area contributed by atoms with Gasteiger partial charge in [0.25, 0.3) is 0 Å². The Bertz CT molecular complexity index is 261. The molecule has 0 aromatic carbocycles. The van der Waals surface area contributed by atoms with Crippen LogP contribution in [0.4, 0.5) is 0 Å². The minimum atomic E-state index is -0.294. The van der Waals surface area contributed by atoms with E-state index in [0.29, 0.717) is 6.61 Å². The molecule has 98 valence electrons. The zero-order valence-corrected chi connectivity index (χ0v) is 10.9. The fourth-order valence-corrected chi connectivity index (χ4v) is 1.67. The summed E-state index contributed by atoms with van der Waals surface area (Å²) in [6, 6.07) is 0. The molecular weight excluding hydrogens is 218 g/mol. The van der Waals surface area contributed by atoms with Crippen molar-refractivity contribution >= 4 is 11.9 Å². The van der Waals surface area contributed by atoms with E-state index in [9.17, 15) is 9.59 Å². The minimum absolute atomic E-state index is 0.0768. The summed E-state index contributed by atoms with van der Waals surface area (Å²) in [6.45, 7) is 2.71. The Morgan fingerprint density at radius 2 is 1.94 bits per heavy atom. The quantitative estimate of drug-likeness (QED) is 0.482. The van der Waals surface area contributed by atoms with Gasteiger partial charge in [0.05, 0.1) is 6.61 Å². The van der Waals surface area contributed by atoms with E-state index in [1.165, 1.54) is 17.7 Å². The van der Waals surface area contributed by atoms with Crippen molar-refractivity contribution in [2.24, 2.45) is 5.92 Å². The number of amides is 1. The number of carbonyl (C=O) groups is 2. The molecule has 1 fully saturated rings. The maximum absolute atomic E-state index is 11.6. The predicted octanol–water partition coefficient (Wildman–Crippen LogP) is 1.98. The molecule has 17 heavy (non-hydrogen) atoms. The molecule has 1 amide bonds. The van der Waals surface area contributed by atoms with E-state index in [1.807, 2.05) is 0 Å². The molecular formula is C13H23NO3. The van der Waals surface area contributed by atoms with Crippen LogP contribution >= 0.6 is 0 Å². The summed E-state index contributed by atoms with van der Waals surface area (Å²) in [5, 5.41) is 0. The Morgan fingerprint density at radius 1 is 1.24 bits per heavy atom. The van der Waals surface area contributed by atoms with Crippen LogP contribution in [0.2, 0.25) is 0 Å². The molecule has 1 rings (SSSR count). The van der Waals surface area contributed by atoms with Crippen LogP contribution in [0.5, 0.6) is 0 Å². The summed E-state index contributed by atoms with van der Waals surface area (Å²) >= 11 is 0. The lowest BCUT2D eigenvalue weighted by molar-refractivity contribution is -0.149. The smallest absolute Gasteiger partial charge is 0.325 e. The van der Waals surface area contributed by atoms with Crippen LogP contribution in [0.1, 0.15) is 45.4 Å². The zero-order valence-electron chi connectivity index (χ0n) is 10.9. The second-order valence-corrected chi connectivity index (χ2v) is 4.75. The largest absolute Gasteiger partial charge is 0.464 e. The van der Waals surface area contributed by atoms with Gasteiger partial charge < -0.3 is 9.64 Å². The van der Waals surface area contributed by atoms with Crippen molar-refractivity contribution in [3.05, 3.63) is 0 Å². The van der Waals surface area contributed by atoms with Gasteiger partial charge in [-0.05, 0) is 19.3 Å². The van der Waals surface area contributed by atoms with Crippen LogP contribution in [-0.2, 0) is 14.3 Å². The Kier molecular flexibility index (Phi) is 6.01. The van der Waals surface area contributed by atoms with Gasteiger partial charge in [0, 0.05) is 13.0 Å². The Morgan fingerprint density at radius 3 is 2.53 bits per heavy atom. The van der Waals surface area contributed by atoms with Crippen molar-refractivity contribution in [2.45, 2.75) is 45.4 Å². The topological polar surface area (TPSA) is 46.6 Å². The highest BCUT2D eigenvalue weighted by molar-refractivity contribution is 5.84. The summed E-state index contributed by atoms with van der Waals surface area (Å²) in [5.74, 6) is -0.0525. The summed E-state index contributed by atoms with van der Waals surface area (Å²) in [5.41, 5.74) is 0. The number of likely N-dealkylation sites (N-methyl/N-ethyl adjacent to an activating group) is 1. The maximum atomic E-state index is 11.6. The molecule has 4 heteroatoms. The van der Waals surface area contributed by atoms with Crippen molar-refractivity contribution in [2.75, 3.05) is 20.2 Å². The molecule has 0 aliphatic heterocycles. The van der Waals surface area contributed by atoms with Crippen molar-refractivity contribution in [1.82, 2.24) is 4.90 Å². The third-order valence-corrected chi connectivity index (χ3v) is 2.93. The first-order chi connectivity index (χ1) is 8.15. The number of hydrogen-bond acceptors (Lipinski definition) is 3. The average Bonchev–Trinajstić information content (AvgIpc) is 3.11. The summed E-state index contributed by atoms with van der Waals surface area (Å²) < 4.78 is 5.08. The van der Waals surface area contributed by atoms with E-state index in [2.05, 4.69) is 6.92 Å². The van der Waals surface area contributed by atoms with Crippen LogP contribution < -0.4 is 0 Å². The molecule has 1 aliphatic carbocycles. The van der Waals surface area contributed by atoms with Gasteiger partial charge in [-0.2, -0.15) is 0 Å². The lowest BCUT2D eigenvalue weighted by Crippen LogP contribution is -2.34. The van der Waals surface area contributed by atoms with Gasteiger partial charge in [-0.1, -0.05) is 26.2 Å². The number of unbranched alkanes of at least 4 members (excludes halogenated alkanes) is 3. The van der Waals surface area contributed by atoms with E-state index >= 15 is 0 Å². The Balaban J connectivity index is 2.05. The van der Waals surface area contributed by atoms with Crippen molar-refractivity contribution < 1.29 is 14.3 Å². The van der Waals surface area contributed by atoms with Crippen LogP contribution in [0.15, 0.2) is 0 Å². The lowest BCUT2D eigenvalue weighted by atomic mass is 10.2. The zero-order chi connectivity index (χ0) is 12.7. The van der Waals surface area contributed by atoms with Crippen LogP contribution in [0.25, 0.3) is 0 Å². The first-order valence-electron chi connectivity index (χ1n) is 6.55. The fourth-order valence-electron chi connectivity index (χ4n) is 1.67. The highest BCUT2D eigenvalue weighted by atomic mass is 16.5. The first kappa shape index (κ1) is 14.0. The van der Waals surface area contributed by atoms with E-state index < -0.39 is 0 Å². The molecule has 0 heterocycles. The van der Waals surface area contributed by atoms with E-state index in [1.54, 1.807) is 7.05 Å². The molecule has 0 N–H and O–H groups in total. The normalized spacial score (nSPS) is 14.5. The van der Waals surface area contributed by atoms with Crippen molar-refractivity contribution in [3.8, 4) is 0 Å². The predicted molar refractivity (Wildman–Crippen MR) is 65.5 cm³/mol. The summed E-state index contributed by atoms with van der Waals surface area (Å²) in [4.78, 5) is 24.5. The van der Waals surface area contributed by atoms with Gasteiger partial charge in [0.15, 0.2) is 0 Å². The number of ether oxygens (including phenoxy) is 1. The number of esters is 1. The lowest BCUT2D eigenvalue weighted by Gasteiger charge is -2.15. The fraction of sp³-hybridized carbons (Fsp3) is 0.846. The Labute approximate surface area is 103 Å². The molecule has 1 aliphatic rings. The molecule has 4 nitrogen and oxygen atoms in total. The molecule has 0 radical (unpaired) electrons. The van der Waals surface area contributed by atoms with Crippen molar-refractivity contribution in [1.29, 1.82) is 0 Å². The SMILES string of the molecule is CCCCCCOC(=O)CN(C)C(=O)C1CC1. The molecule has 0 bridgehead atoms. The average molecular weight is 241 g/mol. The number of carbonyl (C=O) groups excluding carboxylic acids is 2. The Hall–Kier alpha value is -1.06. The van der Waals surface area contributed by atoms with Gasteiger partial charge in [0.1, 0.15) is 6.54 Å². The molecule has 0 aromatic rings. The monoisotopic (exact) mass is 241 g/mol. The number of rotatable bonds is 8. The molecule has 0 saturated heterocycles. The van der Waals surface area contributed by atoms with Gasteiger partial charge in [0.2, 0.25) is 5.91 Å². The van der Waals surface area contributed by atoms with E-state index in [-0.39, 0.29) is 24.3 Å². The third kappa shape index (κ3) is 5.71. The van der Waals surface area contributed by atoms with Crippen LogP contribution in [0.3, 0.4) is 0 Å². The third-order valence-electron chi connectivity index (χ3n) is 2.93. The maximum Gasteiger partial charge on any atom is 0.325 e. The van der Waals surface area contributed by atoms with Gasteiger partial charge in [-0.3, -0.25) is 9.59 Å². The van der Waals surface area contributed by atoms with Gasteiger partial charge in [-0.25, -0.2) is 0 Å².